The standard InChI is InChI=1S/C17H20N4OS/c1-10(2)14-8-13-15(23-14)16(21-17(18)20-13)19-9-11-5-4-6-12(7-11)22-3/h4-8,10H,9H2,1-3H3,(H3,18,19,20,21). The molecule has 3 N–H and O–H groups in total. The molecule has 0 unspecified atom stereocenters. The Hall–Kier alpha value is -2.34. The largest absolute Gasteiger partial charge is 0.497 e. The number of aromatic nitrogens is 2. The van der Waals surface area contributed by atoms with Gasteiger partial charge in [0.15, 0.2) is 0 Å². The third kappa shape index (κ3) is 3.37. The number of fused-ring (bicyclic) bond motifs is 1. The van der Waals surface area contributed by atoms with Crippen LogP contribution in [0.1, 0.15) is 30.2 Å². The van der Waals surface area contributed by atoms with Crippen LogP contribution >= 0.6 is 11.3 Å². The van der Waals surface area contributed by atoms with Gasteiger partial charge in [0.2, 0.25) is 5.95 Å². The molecule has 0 aliphatic heterocycles. The smallest absolute Gasteiger partial charge is 0.222 e. The van der Waals surface area contributed by atoms with E-state index in [0.717, 1.165) is 27.3 Å². The molecular weight excluding hydrogens is 308 g/mol. The lowest BCUT2D eigenvalue weighted by atomic mass is 10.2. The molecule has 23 heavy (non-hydrogen) atoms. The summed E-state index contributed by atoms with van der Waals surface area (Å²) in [4.78, 5) is 9.99. The van der Waals surface area contributed by atoms with E-state index in [4.69, 9.17) is 10.5 Å². The maximum Gasteiger partial charge on any atom is 0.222 e. The molecule has 0 bridgehead atoms. The van der Waals surface area contributed by atoms with E-state index in [-0.39, 0.29) is 0 Å². The van der Waals surface area contributed by atoms with Gasteiger partial charge in [0.05, 0.1) is 17.3 Å². The average Bonchev–Trinajstić information content (AvgIpc) is 2.97. The number of nitrogens with two attached hydrogens (primary N) is 1. The molecular formula is C17H20N4OS. The number of anilines is 2. The predicted octanol–water partition coefficient (Wildman–Crippen LogP) is 4.02. The lowest BCUT2D eigenvalue weighted by molar-refractivity contribution is 0.414. The van der Waals surface area contributed by atoms with E-state index in [2.05, 4.69) is 35.2 Å². The van der Waals surface area contributed by atoms with Gasteiger partial charge >= 0.3 is 0 Å². The van der Waals surface area contributed by atoms with Crippen molar-refractivity contribution in [1.82, 2.24) is 9.97 Å². The van der Waals surface area contributed by atoms with Crippen molar-refractivity contribution < 1.29 is 4.74 Å². The highest BCUT2D eigenvalue weighted by atomic mass is 32.1. The van der Waals surface area contributed by atoms with E-state index in [0.29, 0.717) is 18.4 Å². The van der Waals surface area contributed by atoms with Crippen molar-refractivity contribution in [2.45, 2.75) is 26.3 Å². The zero-order chi connectivity index (χ0) is 16.4. The third-order valence-corrected chi connectivity index (χ3v) is 5.00. The van der Waals surface area contributed by atoms with Crippen molar-refractivity contribution in [3.63, 3.8) is 0 Å². The Labute approximate surface area is 139 Å². The van der Waals surface area contributed by atoms with Crippen LogP contribution in [0.3, 0.4) is 0 Å². The zero-order valence-electron chi connectivity index (χ0n) is 13.5. The average molecular weight is 328 g/mol. The molecule has 120 valence electrons. The van der Waals surface area contributed by atoms with Crippen molar-refractivity contribution in [3.8, 4) is 5.75 Å². The molecule has 0 saturated heterocycles. The van der Waals surface area contributed by atoms with Crippen LogP contribution in [0, 0.1) is 0 Å². The van der Waals surface area contributed by atoms with Crippen molar-refractivity contribution in [2.75, 3.05) is 18.2 Å². The third-order valence-electron chi connectivity index (χ3n) is 3.57. The fraction of sp³-hybridized carbons (Fsp3) is 0.294. The molecule has 5 nitrogen and oxygen atoms in total. The second kappa shape index (κ2) is 6.42. The van der Waals surface area contributed by atoms with Gasteiger partial charge in [-0.1, -0.05) is 26.0 Å². The fourth-order valence-corrected chi connectivity index (χ4v) is 3.40. The first kappa shape index (κ1) is 15.6. The molecule has 2 heterocycles. The first-order valence-electron chi connectivity index (χ1n) is 7.50. The van der Waals surface area contributed by atoms with E-state index < -0.39 is 0 Å². The zero-order valence-corrected chi connectivity index (χ0v) is 14.3. The van der Waals surface area contributed by atoms with Crippen molar-refractivity contribution >= 4 is 33.3 Å². The molecule has 0 atom stereocenters. The normalized spacial score (nSPS) is 11.1. The molecule has 0 saturated carbocycles. The Balaban J connectivity index is 1.89. The Morgan fingerprint density at radius 2 is 2.09 bits per heavy atom. The number of thiophene rings is 1. The number of nitrogens with zero attached hydrogens (tertiary/aromatic N) is 2. The van der Waals surface area contributed by atoms with E-state index in [9.17, 15) is 0 Å². The van der Waals surface area contributed by atoms with Gasteiger partial charge in [-0.3, -0.25) is 0 Å². The Bertz CT molecular complexity index is 829. The molecule has 0 aliphatic rings. The minimum atomic E-state index is 0.291. The van der Waals surface area contributed by atoms with Crippen LogP contribution in [0.15, 0.2) is 30.3 Å². The molecule has 3 rings (SSSR count). The van der Waals surface area contributed by atoms with Gasteiger partial charge in [-0.25, -0.2) is 4.98 Å². The summed E-state index contributed by atoms with van der Waals surface area (Å²) in [7, 11) is 1.67. The minimum absolute atomic E-state index is 0.291. The van der Waals surface area contributed by atoms with Gasteiger partial charge < -0.3 is 15.8 Å². The lowest BCUT2D eigenvalue weighted by Crippen LogP contribution is -2.04. The van der Waals surface area contributed by atoms with E-state index in [1.54, 1.807) is 18.4 Å². The van der Waals surface area contributed by atoms with Crippen LogP contribution in [0.4, 0.5) is 11.8 Å². The first-order valence-corrected chi connectivity index (χ1v) is 8.32. The Kier molecular flexibility index (Phi) is 4.34. The summed E-state index contributed by atoms with van der Waals surface area (Å²) in [6, 6.07) is 10.0. The highest BCUT2D eigenvalue weighted by molar-refractivity contribution is 7.19. The maximum absolute atomic E-state index is 5.85. The van der Waals surface area contributed by atoms with Crippen LogP contribution in [0.25, 0.3) is 10.2 Å². The van der Waals surface area contributed by atoms with Gasteiger partial charge in [-0.15, -0.1) is 11.3 Å². The minimum Gasteiger partial charge on any atom is -0.497 e. The van der Waals surface area contributed by atoms with Gasteiger partial charge in [0.1, 0.15) is 11.6 Å². The summed E-state index contributed by atoms with van der Waals surface area (Å²) in [5.41, 5.74) is 7.87. The second-order valence-electron chi connectivity index (χ2n) is 5.65. The highest BCUT2D eigenvalue weighted by Crippen LogP contribution is 2.34. The molecule has 0 aliphatic carbocycles. The van der Waals surface area contributed by atoms with Crippen LogP contribution in [0.5, 0.6) is 5.75 Å². The molecule has 0 spiro atoms. The molecule has 0 fully saturated rings. The van der Waals surface area contributed by atoms with Crippen molar-refractivity contribution in [2.24, 2.45) is 0 Å². The molecule has 2 aromatic heterocycles. The monoisotopic (exact) mass is 328 g/mol. The second-order valence-corrected chi connectivity index (χ2v) is 6.74. The van der Waals surface area contributed by atoms with Crippen molar-refractivity contribution in [3.05, 3.63) is 40.8 Å². The molecule has 3 aromatic rings. The van der Waals surface area contributed by atoms with Crippen LogP contribution in [-0.2, 0) is 6.54 Å². The Morgan fingerprint density at radius 3 is 2.83 bits per heavy atom. The predicted molar refractivity (Wildman–Crippen MR) is 96.2 cm³/mol. The van der Waals surface area contributed by atoms with Gasteiger partial charge in [-0.2, -0.15) is 4.98 Å². The number of methoxy groups -OCH3 is 1. The molecule has 0 radical (unpaired) electrons. The SMILES string of the molecule is COc1cccc(CNc2nc(N)nc3cc(C(C)C)sc23)c1. The summed E-state index contributed by atoms with van der Waals surface area (Å²) in [5.74, 6) is 2.38. The Morgan fingerprint density at radius 1 is 1.26 bits per heavy atom. The maximum atomic E-state index is 5.85. The van der Waals surface area contributed by atoms with Gasteiger partial charge in [0, 0.05) is 11.4 Å². The van der Waals surface area contributed by atoms with Crippen LogP contribution in [-0.4, -0.2) is 17.1 Å². The number of hydrogen-bond donors (Lipinski definition) is 2. The molecule has 0 amide bonds. The van der Waals surface area contributed by atoms with E-state index >= 15 is 0 Å². The number of rotatable bonds is 5. The van der Waals surface area contributed by atoms with Crippen LogP contribution in [0.2, 0.25) is 0 Å². The first-order chi connectivity index (χ1) is 11.1. The van der Waals surface area contributed by atoms with Crippen LogP contribution < -0.4 is 15.8 Å². The van der Waals surface area contributed by atoms with Crippen molar-refractivity contribution in [1.29, 1.82) is 0 Å². The van der Waals surface area contributed by atoms with Gasteiger partial charge in [-0.05, 0) is 29.7 Å². The lowest BCUT2D eigenvalue weighted by Gasteiger charge is -2.08. The topological polar surface area (TPSA) is 73.1 Å². The number of ether oxygens (including phenoxy) is 1. The summed E-state index contributed by atoms with van der Waals surface area (Å²) >= 11 is 1.72. The van der Waals surface area contributed by atoms with E-state index in [1.807, 2.05) is 24.3 Å². The highest BCUT2D eigenvalue weighted by Gasteiger charge is 2.12. The summed E-state index contributed by atoms with van der Waals surface area (Å²) in [5, 5.41) is 3.37. The number of nitrogen functional groups attached to an aromatic ring is 1. The number of hydrogen-bond acceptors (Lipinski definition) is 6. The summed E-state index contributed by atoms with van der Waals surface area (Å²) < 4.78 is 6.30. The fourth-order valence-electron chi connectivity index (χ4n) is 2.34. The number of benzene rings is 1. The quantitative estimate of drug-likeness (QED) is 0.740. The summed E-state index contributed by atoms with van der Waals surface area (Å²) in [6.45, 7) is 4.99. The number of nitrogens with one attached hydrogen (secondary N) is 1. The molecule has 1 aromatic carbocycles. The summed E-state index contributed by atoms with van der Waals surface area (Å²) in [6.07, 6.45) is 0. The van der Waals surface area contributed by atoms with E-state index in [1.165, 1.54) is 4.88 Å². The molecule has 6 heteroatoms. The van der Waals surface area contributed by atoms with Gasteiger partial charge in [0.25, 0.3) is 0 Å².